The van der Waals surface area contributed by atoms with Crippen LogP contribution in [0.25, 0.3) is 0 Å². The Kier molecular flexibility index (Phi) is 11.3. The van der Waals surface area contributed by atoms with Gasteiger partial charge in [-0.15, -0.1) is 6.58 Å². The normalized spacial score (nSPS) is 8.94. The van der Waals surface area contributed by atoms with E-state index in [0.717, 1.165) is 12.8 Å². The van der Waals surface area contributed by atoms with Gasteiger partial charge in [0.05, 0.1) is 13.0 Å². The Labute approximate surface area is 100 Å². The number of methoxy groups -OCH3 is 1. The van der Waals surface area contributed by atoms with Gasteiger partial charge < -0.3 is 4.74 Å². The second-order valence-corrected chi connectivity index (χ2v) is 4.46. The van der Waals surface area contributed by atoms with Crippen LogP contribution in [0.5, 0.6) is 0 Å². The maximum absolute atomic E-state index is 10.3. The van der Waals surface area contributed by atoms with E-state index in [1.165, 1.54) is 18.3 Å². The molecular weight excluding hydrogens is 200 g/mol. The molecule has 16 heavy (non-hydrogen) atoms. The summed E-state index contributed by atoms with van der Waals surface area (Å²) in [6.07, 6.45) is 4.53. The Morgan fingerprint density at radius 2 is 1.81 bits per heavy atom. The van der Waals surface area contributed by atoms with E-state index in [1.807, 2.05) is 0 Å². The lowest BCUT2D eigenvalue weighted by Gasteiger charge is -1.97. The van der Waals surface area contributed by atoms with E-state index in [0.29, 0.717) is 0 Å². The molecule has 0 aliphatic carbocycles. The molecule has 0 atom stereocenters. The predicted octanol–water partition coefficient (Wildman–Crippen LogP) is 4.12. The van der Waals surface area contributed by atoms with Crippen LogP contribution < -0.4 is 0 Å². The summed E-state index contributed by atoms with van der Waals surface area (Å²) in [6.45, 7) is 13.7. The number of hydrogen-bond donors (Lipinski definition) is 0. The summed E-state index contributed by atoms with van der Waals surface area (Å²) in [6, 6.07) is 0. The van der Waals surface area contributed by atoms with Gasteiger partial charge in [0.25, 0.3) is 0 Å². The largest absolute Gasteiger partial charge is 0.469 e. The average molecular weight is 226 g/mol. The monoisotopic (exact) mass is 226 g/mol. The summed E-state index contributed by atoms with van der Waals surface area (Å²) in [5.41, 5.74) is 2.67. The molecule has 0 aromatic carbocycles. The highest BCUT2D eigenvalue weighted by Crippen LogP contribution is 2.03. The summed E-state index contributed by atoms with van der Waals surface area (Å²) in [5.74, 6) is -0.148. The molecule has 0 bridgehead atoms. The van der Waals surface area contributed by atoms with Crippen molar-refractivity contribution >= 4 is 5.97 Å². The molecule has 2 nitrogen and oxygen atoms in total. The molecule has 0 unspecified atom stereocenters. The van der Waals surface area contributed by atoms with Gasteiger partial charge in [-0.3, -0.25) is 4.79 Å². The van der Waals surface area contributed by atoms with Crippen LogP contribution in [0.3, 0.4) is 0 Å². The Bertz CT molecular complexity index is 233. The van der Waals surface area contributed by atoms with Gasteiger partial charge in [0.15, 0.2) is 0 Å². The molecule has 0 heterocycles. The fourth-order valence-electron chi connectivity index (χ4n) is 0.843. The molecule has 0 N–H and O–H groups in total. The van der Waals surface area contributed by atoms with Gasteiger partial charge in [0.2, 0.25) is 0 Å². The molecule has 0 rings (SSSR count). The number of ether oxygens (including phenoxy) is 1. The van der Waals surface area contributed by atoms with E-state index in [4.69, 9.17) is 0 Å². The van der Waals surface area contributed by atoms with Crippen molar-refractivity contribution < 1.29 is 9.53 Å². The second kappa shape index (κ2) is 10.5. The predicted molar refractivity (Wildman–Crippen MR) is 70.3 cm³/mol. The lowest BCUT2D eigenvalue weighted by molar-refractivity contribution is -0.144. The molecule has 0 saturated heterocycles. The van der Waals surface area contributed by atoms with Crippen LogP contribution >= 0.6 is 0 Å². The van der Waals surface area contributed by atoms with Crippen molar-refractivity contribution in [2.45, 2.75) is 47.5 Å². The van der Waals surface area contributed by atoms with Gasteiger partial charge in [-0.05, 0) is 33.6 Å². The minimum absolute atomic E-state index is 0.00463. The van der Waals surface area contributed by atoms with Crippen molar-refractivity contribution in [2.24, 2.45) is 5.92 Å². The van der Waals surface area contributed by atoms with E-state index < -0.39 is 0 Å². The first kappa shape index (κ1) is 17.3. The first-order valence-corrected chi connectivity index (χ1v) is 5.66. The third-order valence-electron chi connectivity index (χ3n) is 1.80. The van der Waals surface area contributed by atoms with E-state index >= 15 is 0 Å². The van der Waals surface area contributed by atoms with Crippen LogP contribution in [0.1, 0.15) is 47.5 Å². The molecule has 94 valence electrons. The summed E-state index contributed by atoms with van der Waals surface area (Å²) >= 11 is 0. The SMILES string of the molecule is C=C(C)CCC=C(C)C.COC(=O)C(C)C. The van der Waals surface area contributed by atoms with E-state index in [9.17, 15) is 4.79 Å². The molecule has 0 amide bonds. The number of allylic oxidation sites excluding steroid dienone is 3. The van der Waals surface area contributed by atoms with Crippen molar-refractivity contribution in [3.63, 3.8) is 0 Å². The Balaban J connectivity index is 0. The number of carbonyl (C=O) groups is 1. The average Bonchev–Trinajstić information content (AvgIpc) is 2.16. The van der Waals surface area contributed by atoms with Gasteiger partial charge in [-0.1, -0.05) is 31.1 Å². The molecule has 0 aliphatic heterocycles. The summed E-state index contributed by atoms with van der Waals surface area (Å²) in [5, 5.41) is 0. The minimum Gasteiger partial charge on any atom is -0.469 e. The van der Waals surface area contributed by atoms with Crippen molar-refractivity contribution in [3.8, 4) is 0 Å². The third kappa shape index (κ3) is 15.4. The molecular formula is C14H26O2. The molecule has 0 spiro atoms. The molecule has 0 aliphatic rings. The maximum atomic E-state index is 10.3. The molecule has 0 radical (unpaired) electrons. The topological polar surface area (TPSA) is 26.3 Å². The standard InChI is InChI=1S/C9H16.C5H10O2/c1-8(2)6-5-7-9(3)4;1-4(2)5(6)7-3/h7H,1,5-6H2,2-4H3;4H,1-3H3. The molecule has 0 aromatic rings. The number of hydrogen-bond acceptors (Lipinski definition) is 2. The fourth-order valence-corrected chi connectivity index (χ4v) is 0.843. The smallest absolute Gasteiger partial charge is 0.308 e. The second-order valence-electron chi connectivity index (χ2n) is 4.46. The van der Waals surface area contributed by atoms with Crippen LogP contribution in [0.4, 0.5) is 0 Å². The summed E-state index contributed by atoms with van der Waals surface area (Å²) in [7, 11) is 1.39. The van der Waals surface area contributed by atoms with Crippen LogP contribution in [0.2, 0.25) is 0 Å². The van der Waals surface area contributed by atoms with Gasteiger partial charge >= 0.3 is 5.97 Å². The van der Waals surface area contributed by atoms with E-state index in [2.05, 4.69) is 38.2 Å². The van der Waals surface area contributed by atoms with Crippen LogP contribution in [0.15, 0.2) is 23.8 Å². The summed E-state index contributed by atoms with van der Waals surface area (Å²) < 4.78 is 4.37. The number of esters is 1. The van der Waals surface area contributed by atoms with Gasteiger partial charge in [0.1, 0.15) is 0 Å². The van der Waals surface area contributed by atoms with E-state index in [1.54, 1.807) is 13.8 Å². The highest BCUT2D eigenvalue weighted by Gasteiger charge is 2.03. The zero-order valence-corrected chi connectivity index (χ0v) is 11.6. The lowest BCUT2D eigenvalue weighted by atomic mass is 10.1. The van der Waals surface area contributed by atoms with Crippen molar-refractivity contribution in [1.29, 1.82) is 0 Å². The lowest BCUT2D eigenvalue weighted by Crippen LogP contribution is -2.07. The van der Waals surface area contributed by atoms with Crippen LogP contribution in [0, 0.1) is 5.92 Å². The molecule has 0 fully saturated rings. The Hall–Kier alpha value is -1.05. The number of rotatable bonds is 4. The third-order valence-corrected chi connectivity index (χ3v) is 1.80. The minimum atomic E-state index is -0.153. The molecule has 0 aromatic heterocycles. The zero-order valence-electron chi connectivity index (χ0n) is 11.6. The zero-order chi connectivity index (χ0) is 13.1. The first-order valence-electron chi connectivity index (χ1n) is 5.66. The van der Waals surface area contributed by atoms with Gasteiger partial charge in [-0.25, -0.2) is 0 Å². The van der Waals surface area contributed by atoms with Crippen molar-refractivity contribution in [2.75, 3.05) is 7.11 Å². The van der Waals surface area contributed by atoms with Crippen molar-refractivity contribution in [1.82, 2.24) is 0 Å². The van der Waals surface area contributed by atoms with E-state index in [-0.39, 0.29) is 11.9 Å². The highest BCUT2D eigenvalue weighted by molar-refractivity contribution is 5.71. The Morgan fingerprint density at radius 1 is 1.31 bits per heavy atom. The molecule has 0 saturated carbocycles. The van der Waals surface area contributed by atoms with Crippen LogP contribution in [-0.4, -0.2) is 13.1 Å². The number of carbonyl (C=O) groups excluding carboxylic acids is 1. The Morgan fingerprint density at radius 3 is 2.00 bits per heavy atom. The first-order chi connectivity index (χ1) is 7.31. The molecule has 2 heteroatoms. The van der Waals surface area contributed by atoms with Gasteiger partial charge in [-0.2, -0.15) is 0 Å². The maximum Gasteiger partial charge on any atom is 0.308 e. The quantitative estimate of drug-likeness (QED) is 0.532. The fraction of sp³-hybridized carbons (Fsp3) is 0.643. The van der Waals surface area contributed by atoms with Crippen LogP contribution in [-0.2, 0) is 9.53 Å². The highest BCUT2D eigenvalue weighted by atomic mass is 16.5. The summed E-state index contributed by atoms with van der Waals surface area (Å²) in [4.78, 5) is 10.3. The van der Waals surface area contributed by atoms with Gasteiger partial charge in [0, 0.05) is 0 Å². The van der Waals surface area contributed by atoms with Crippen molar-refractivity contribution in [3.05, 3.63) is 23.8 Å².